The van der Waals surface area contributed by atoms with Crippen molar-refractivity contribution in [1.82, 2.24) is 15.2 Å². The number of hydrogen-bond donors (Lipinski definition) is 2. The van der Waals surface area contributed by atoms with Gasteiger partial charge >= 0.3 is 0 Å². The van der Waals surface area contributed by atoms with E-state index in [0.29, 0.717) is 5.82 Å². The molecular formula is C22H34N4O3. The van der Waals surface area contributed by atoms with Crippen molar-refractivity contribution in [3.05, 3.63) is 24.4 Å². The first kappa shape index (κ1) is 22.8. The third-order valence-electron chi connectivity index (χ3n) is 5.51. The van der Waals surface area contributed by atoms with Crippen LogP contribution in [0.3, 0.4) is 0 Å². The van der Waals surface area contributed by atoms with Gasteiger partial charge in [-0.25, -0.2) is 4.98 Å². The number of hydrogen-bond acceptors (Lipinski definition) is 4. The highest BCUT2D eigenvalue weighted by atomic mass is 16.2. The normalized spacial score (nSPS) is 14.9. The number of nitrogens with zero attached hydrogens (tertiary/aromatic N) is 2. The second-order valence-electron chi connectivity index (χ2n) is 8.36. The lowest BCUT2D eigenvalue weighted by Gasteiger charge is -2.35. The summed E-state index contributed by atoms with van der Waals surface area (Å²) in [5.74, 6) is -0.0706. The van der Waals surface area contributed by atoms with Crippen LogP contribution in [0.25, 0.3) is 0 Å². The second-order valence-corrected chi connectivity index (χ2v) is 8.36. The van der Waals surface area contributed by atoms with E-state index < -0.39 is 0 Å². The zero-order valence-electron chi connectivity index (χ0n) is 17.9. The van der Waals surface area contributed by atoms with E-state index in [-0.39, 0.29) is 48.7 Å². The van der Waals surface area contributed by atoms with E-state index in [0.717, 1.165) is 32.1 Å². The van der Waals surface area contributed by atoms with E-state index in [1.54, 1.807) is 29.3 Å². The molecule has 0 saturated heterocycles. The van der Waals surface area contributed by atoms with Crippen molar-refractivity contribution >= 4 is 23.5 Å². The van der Waals surface area contributed by atoms with Gasteiger partial charge < -0.3 is 15.5 Å². The molecule has 1 aliphatic carbocycles. The van der Waals surface area contributed by atoms with E-state index in [1.165, 1.54) is 6.42 Å². The fraction of sp³-hybridized carbons (Fsp3) is 0.636. The lowest BCUT2D eigenvalue weighted by atomic mass is 9.93. The summed E-state index contributed by atoms with van der Waals surface area (Å²) in [7, 11) is 0. The summed E-state index contributed by atoms with van der Waals surface area (Å²) in [6, 6.07) is 5.33. The number of carbonyl (C=O) groups is 3. The van der Waals surface area contributed by atoms with Crippen molar-refractivity contribution in [2.45, 2.75) is 83.7 Å². The molecule has 3 amide bonds. The molecule has 0 unspecified atom stereocenters. The van der Waals surface area contributed by atoms with Crippen LogP contribution in [0.15, 0.2) is 24.4 Å². The van der Waals surface area contributed by atoms with Crippen molar-refractivity contribution in [2.75, 3.05) is 11.9 Å². The minimum Gasteiger partial charge on any atom is -0.350 e. The van der Waals surface area contributed by atoms with Crippen LogP contribution in [0.1, 0.15) is 72.1 Å². The Balaban J connectivity index is 1.94. The predicted molar refractivity (Wildman–Crippen MR) is 113 cm³/mol. The molecule has 7 nitrogen and oxygen atoms in total. The molecule has 1 fully saturated rings. The third-order valence-corrected chi connectivity index (χ3v) is 5.51. The summed E-state index contributed by atoms with van der Waals surface area (Å²) >= 11 is 0. The molecule has 1 aromatic heterocycles. The number of nitrogens with one attached hydrogen (secondary N) is 2. The van der Waals surface area contributed by atoms with Gasteiger partial charge in [-0.05, 0) is 45.2 Å². The van der Waals surface area contributed by atoms with Gasteiger partial charge in [-0.15, -0.1) is 0 Å². The Morgan fingerprint density at radius 1 is 1.10 bits per heavy atom. The fourth-order valence-electron chi connectivity index (χ4n) is 3.48. The predicted octanol–water partition coefficient (Wildman–Crippen LogP) is 3.27. The standard InChI is InChI=1S/C22H34N4O3/c1-4-22(2,3)25-20(28)16-26(17-10-6-5-7-11-17)21(29)14-13-19(27)24-18-12-8-9-15-23-18/h8-9,12,15,17H,4-7,10-11,13-14,16H2,1-3H3,(H,25,28)(H,23,24,27). The molecule has 0 bridgehead atoms. The minimum atomic E-state index is -0.305. The molecule has 1 aliphatic rings. The highest BCUT2D eigenvalue weighted by molar-refractivity contribution is 5.93. The van der Waals surface area contributed by atoms with Crippen molar-refractivity contribution in [1.29, 1.82) is 0 Å². The largest absolute Gasteiger partial charge is 0.350 e. The monoisotopic (exact) mass is 402 g/mol. The van der Waals surface area contributed by atoms with Crippen LogP contribution < -0.4 is 10.6 Å². The maximum absolute atomic E-state index is 12.9. The molecule has 1 aromatic rings. The Morgan fingerprint density at radius 2 is 1.83 bits per heavy atom. The van der Waals surface area contributed by atoms with Gasteiger partial charge in [-0.2, -0.15) is 0 Å². The fourth-order valence-corrected chi connectivity index (χ4v) is 3.48. The molecule has 0 spiro atoms. The average Bonchev–Trinajstić information content (AvgIpc) is 2.71. The highest BCUT2D eigenvalue weighted by Gasteiger charge is 2.29. The van der Waals surface area contributed by atoms with Gasteiger partial charge in [0.15, 0.2) is 0 Å². The van der Waals surface area contributed by atoms with Crippen LogP contribution in [0.4, 0.5) is 5.82 Å². The lowest BCUT2D eigenvalue weighted by Crippen LogP contribution is -2.51. The maximum atomic E-state index is 12.9. The van der Waals surface area contributed by atoms with E-state index in [9.17, 15) is 14.4 Å². The number of carbonyl (C=O) groups excluding carboxylic acids is 3. The molecule has 0 aromatic carbocycles. The van der Waals surface area contributed by atoms with E-state index in [2.05, 4.69) is 15.6 Å². The second kappa shape index (κ2) is 10.9. The number of aromatic nitrogens is 1. The Hall–Kier alpha value is -2.44. The Labute approximate surface area is 173 Å². The van der Waals surface area contributed by atoms with Crippen LogP contribution in [0.5, 0.6) is 0 Å². The van der Waals surface area contributed by atoms with Crippen molar-refractivity contribution < 1.29 is 14.4 Å². The molecule has 2 rings (SSSR count). The Bertz CT molecular complexity index is 685. The van der Waals surface area contributed by atoms with Crippen LogP contribution in [-0.4, -0.2) is 45.7 Å². The average molecular weight is 403 g/mol. The third kappa shape index (κ3) is 7.83. The quantitative estimate of drug-likeness (QED) is 0.663. The number of anilines is 1. The van der Waals surface area contributed by atoms with Gasteiger partial charge in [0.2, 0.25) is 17.7 Å². The van der Waals surface area contributed by atoms with E-state index in [1.807, 2.05) is 20.8 Å². The van der Waals surface area contributed by atoms with Crippen LogP contribution in [0.2, 0.25) is 0 Å². The molecule has 7 heteroatoms. The highest BCUT2D eigenvalue weighted by Crippen LogP contribution is 2.23. The van der Waals surface area contributed by atoms with Gasteiger partial charge in [-0.3, -0.25) is 14.4 Å². The molecule has 0 radical (unpaired) electrons. The van der Waals surface area contributed by atoms with Gasteiger partial charge in [0.25, 0.3) is 0 Å². The lowest BCUT2D eigenvalue weighted by molar-refractivity contribution is -0.140. The molecule has 1 heterocycles. The maximum Gasteiger partial charge on any atom is 0.240 e. The smallest absolute Gasteiger partial charge is 0.240 e. The molecule has 0 aliphatic heterocycles. The van der Waals surface area contributed by atoms with E-state index >= 15 is 0 Å². The number of pyridine rings is 1. The molecule has 2 N–H and O–H groups in total. The first-order valence-corrected chi connectivity index (χ1v) is 10.6. The van der Waals surface area contributed by atoms with Crippen molar-refractivity contribution in [3.63, 3.8) is 0 Å². The minimum absolute atomic E-state index is 0.0504. The number of rotatable bonds is 9. The molecular weight excluding hydrogens is 368 g/mol. The molecule has 29 heavy (non-hydrogen) atoms. The van der Waals surface area contributed by atoms with Crippen molar-refractivity contribution in [3.8, 4) is 0 Å². The summed E-state index contributed by atoms with van der Waals surface area (Å²) in [6.45, 7) is 6.01. The molecule has 0 atom stereocenters. The zero-order chi connectivity index (χ0) is 21.3. The first-order chi connectivity index (χ1) is 13.8. The summed E-state index contributed by atoms with van der Waals surface area (Å²) in [5, 5.41) is 5.70. The van der Waals surface area contributed by atoms with Crippen LogP contribution in [0, 0.1) is 0 Å². The number of amides is 3. The Morgan fingerprint density at radius 3 is 2.45 bits per heavy atom. The Kier molecular flexibility index (Phi) is 8.61. The van der Waals surface area contributed by atoms with Gasteiger partial charge in [-0.1, -0.05) is 32.3 Å². The first-order valence-electron chi connectivity index (χ1n) is 10.6. The van der Waals surface area contributed by atoms with Gasteiger partial charge in [0.05, 0.1) is 6.54 Å². The van der Waals surface area contributed by atoms with Crippen LogP contribution in [-0.2, 0) is 14.4 Å². The summed E-state index contributed by atoms with van der Waals surface area (Å²) in [6.07, 6.45) is 7.69. The van der Waals surface area contributed by atoms with E-state index in [4.69, 9.17) is 0 Å². The van der Waals surface area contributed by atoms with Crippen LogP contribution >= 0.6 is 0 Å². The zero-order valence-corrected chi connectivity index (χ0v) is 17.9. The van der Waals surface area contributed by atoms with Gasteiger partial charge in [0.1, 0.15) is 5.82 Å². The SMILES string of the molecule is CCC(C)(C)NC(=O)CN(C(=O)CCC(=O)Nc1ccccn1)C1CCCCC1. The molecule has 1 saturated carbocycles. The molecule has 160 valence electrons. The summed E-state index contributed by atoms with van der Waals surface area (Å²) in [4.78, 5) is 43.4. The summed E-state index contributed by atoms with van der Waals surface area (Å²) in [5.41, 5.74) is -0.305. The summed E-state index contributed by atoms with van der Waals surface area (Å²) < 4.78 is 0. The van der Waals surface area contributed by atoms with Gasteiger partial charge in [0, 0.05) is 30.6 Å². The van der Waals surface area contributed by atoms with Crippen molar-refractivity contribution in [2.24, 2.45) is 0 Å². The topological polar surface area (TPSA) is 91.4 Å².